The van der Waals surface area contributed by atoms with E-state index in [0.717, 1.165) is 0 Å². The molecule has 0 amide bonds. The van der Waals surface area contributed by atoms with Crippen molar-refractivity contribution in [3.05, 3.63) is 21.9 Å². The van der Waals surface area contributed by atoms with Gasteiger partial charge in [0.25, 0.3) is 0 Å². The minimum absolute atomic E-state index is 0.138. The van der Waals surface area contributed by atoms with Crippen molar-refractivity contribution in [1.29, 1.82) is 0 Å². The molecule has 1 atom stereocenters. The SMILES string of the molecule is CC(O)c1c(F)c(Br)cc2c1OCCO2. The Morgan fingerprint density at radius 1 is 1.47 bits per heavy atom. The van der Waals surface area contributed by atoms with E-state index in [0.29, 0.717) is 24.7 Å². The van der Waals surface area contributed by atoms with Crippen molar-refractivity contribution in [2.24, 2.45) is 0 Å². The topological polar surface area (TPSA) is 38.7 Å². The van der Waals surface area contributed by atoms with Crippen LogP contribution < -0.4 is 9.47 Å². The number of aliphatic hydroxyl groups excluding tert-OH is 1. The van der Waals surface area contributed by atoms with E-state index in [1.54, 1.807) is 0 Å². The minimum Gasteiger partial charge on any atom is -0.486 e. The highest BCUT2D eigenvalue weighted by Crippen LogP contribution is 2.41. The summed E-state index contributed by atoms with van der Waals surface area (Å²) in [5.74, 6) is 0.261. The average Bonchev–Trinajstić information content (AvgIpc) is 2.19. The summed E-state index contributed by atoms with van der Waals surface area (Å²) in [6.45, 7) is 2.29. The first-order valence-corrected chi connectivity index (χ1v) is 5.36. The maximum atomic E-state index is 13.7. The van der Waals surface area contributed by atoms with Crippen LogP contribution in [-0.2, 0) is 0 Å². The average molecular weight is 277 g/mol. The predicted molar refractivity (Wildman–Crippen MR) is 55.7 cm³/mol. The Balaban J connectivity index is 2.63. The summed E-state index contributed by atoms with van der Waals surface area (Å²) in [6.07, 6.45) is -0.932. The number of rotatable bonds is 1. The molecule has 3 nitrogen and oxygen atoms in total. The predicted octanol–water partition coefficient (Wildman–Crippen LogP) is 2.41. The monoisotopic (exact) mass is 276 g/mol. The van der Waals surface area contributed by atoms with E-state index >= 15 is 0 Å². The van der Waals surface area contributed by atoms with E-state index in [9.17, 15) is 9.50 Å². The van der Waals surface area contributed by atoms with E-state index in [2.05, 4.69) is 15.9 Å². The molecule has 1 aliphatic heterocycles. The van der Waals surface area contributed by atoms with Gasteiger partial charge in [0, 0.05) is 6.07 Å². The lowest BCUT2D eigenvalue weighted by atomic mass is 10.1. The quantitative estimate of drug-likeness (QED) is 0.856. The third kappa shape index (κ3) is 1.81. The van der Waals surface area contributed by atoms with Gasteiger partial charge in [-0.2, -0.15) is 0 Å². The molecular weight excluding hydrogens is 267 g/mol. The molecule has 0 saturated carbocycles. The molecule has 1 heterocycles. The van der Waals surface area contributed by atoms with E-state index in [1.807, 2.05) is 0 Å². The van der Waals surface area contributed by atoms with Crippen molar-refractivity contribution in [2.45, 2.75) is 13.0 Å². The standard InChI is InChI=1S/C10H10BrFO3/c1-5(13)8-9(12)6(11)4-7-10(8)15-3-2-14-7/h4-5,13H,2-3H2,1H3. The van der Waals surface area contributed by atoms with Gasteiger partial charge in [-0.05, 0) is 22.9 Å². The first-order chi connectivity index (χ1) is 7.11. The van der Waals surface area contributed by atoms with Crippen LogP contribution in [-0.4, -0.2) is 18.3 Å². The molecule has 0 aromatic heterocycles. The van der Waals surface area contributed by atoms with Crippen LogP contribution in [0.5, 0.6) is 11.5 Å². The van der Waals surface area contributed by atoms with E-state index in [-0.39, 0.29) is 10.0 Å². The first kappa shape index (κ1) is 10.7. The largest absolute Gasteiger partial charge is 0.486 e. The van der Waals surface area contributed by atoms with Gasteiger partial charge in [0.05, 0.1) is 16.1 Å². The Bertz CT molecular complexity index is 393. The highest BCUT2D eigenvalue weighted by molar-refractivity contribution is 9.10. The molecule has 1 aromatic rings. The van der Waals surface area contributed by atoms with Crippen LogP contribution in [0.3, 0.4) is 0 Å². The molecule has 2 rings (SSSR count). The van der Waals surface area contributed by atoms with Crippen LogP contribution in [0.4, 0.5) is 4.39 Å². The van der Waals surface area contributed by atoms with Gasteiger partial charge >= 0.3 is 0 Å². The lowest BCUT2D eigenvalue weighted by Gasteiger charge is -2.23. The van der Waals surface area contributed by atoms with Crippen LogP contribution in [0.25, 0.3) is 0 Å². The molecule has 1 N–H and O–H groups in total. The van der Waals surface area contributed by atoms with Crippen molar-refractivity contribution in [3.63, 3.8) is 0 Å². The zero-order valence-electron chi connectivity index (χ0n) is 8.09. The van der Waals surface area contributed by atoms with Gasteiger partial charge in [-0.1, -0.05) is 0 Å². The van der Waals surface area contributed by atoms with E-state index in [4.69, 9.17) is 9.47 Å². The van der Waals surface area contributed by atoms with E-state index < -0.39 is 11.9 Å². The minimum atomic E-state index is -0.932. The molecule has 1 aliphatic rings. The molecule has 82 valence electrons. The van der Waals surface area contributed by atoms with Gasteiger partial charge in [0.2, 0.25) is 0 Å². The van der Waals surface area contributed by atoms with Crippen molar-refractivity contribution < 1.29 is 19.0 Å². The van der Waals surface area contributed by atoms with Crippen LogP contribution in [0, 0.1) is 5.82 Å². The maximum absolute atomic E-state index is 13.7. The van der Waals surface area contributed by atoms with Gasteiger partial charge < -0.3 is 14.6 Å². The molecule has 1 aromatic carbocycles. The van der Waals surface area contributed by atoms with Crippen molar-refractivity contribution in [3.8, 4) is 11.5 Å². The Kier molecular flexibility index (Phi) is 2.84. The normalized spacial score (nSPS) is 16.3. The third-order valence-corrected chi connectivity index (χ3v) is 2.75. The summed E-state index contributed by atoms with van der Waals surface area (Å²) in [5.41, 5.74) is 0.138. The summed E-state index contributed by atoms with van der Waals surface area (Å²) in [6, 6.07) is 1.51. The zero-order valence-corrected chi connectivity index (χ0v) is 9.67. The summed E-state index contributed by atoms with van der Waals surface area (Å²) in [4.78, 5) is 0. The second-order valence-corrected chi connectivity index (χ2v) is 4.14. The number of fused-ring (bicyclic) bond motifs is 1. The molecule has 1 unspecified atom stereocenters. The summed E-state index contributed by atoms with van der Waals surface area (Å²) < 4.78 is 24.6. The second-order valence-electron chi connectivity index (χ2n) is 3.29. The maximum Gasteiger partial charge on any atom is 0.170 e. The van der Waals surface area contributed by atoms with Crippen LogP contribution in [0.2, 0.25) is 0 Å². The Labute approximate surface area is 94.9 Å². The first-order valence-electron chi connectivity index (χ1n) is 4.57. The Hall–Kier alpha value is -0.810. The van der Waals surface area contributed by atoms with Crippen LogP contribution in [0.15, 0.2) is 10.5 Å². The van der Waals surface area contributed by atoms with Gasteiger partial charge in [0.1, 0.15) is 19.0 Å². The molecule has 0 radical (unpaired) electrons. The molecule has 0 fully saturated rings. The fraction of sp³-hybridized carbons (Fsp3) is 0.400. The number of benzene rings is 1. The van der Waals surface area contributed by atoms with Gasteiger partial charge in [-0.3, -0.25) is 0 Å². The fourth-order valence-electron chi connectivity index (χ4n) is 1.53. The van der Waals surface area contributed by atoms with E-state index in [1.165, 1.54) is 13.0 Å². The number of ether oxygens (including phenoxy) is 2. The fourth-order valence-corrected chi connectivity index (χ4v) is 1.95. The van der Waals surface area contributed by atoms with Gasteiger partial charge in [-0.15, -0.1) is 0 Å². The second kappa shape index (κ2) is 3.98. The highest BCUT2D eigenvalue weighted by atomic mass is 79.9. The number of aliphatic hydroxyl groups is 1. The molecule has 5 heteroatoms. The molecule has 15 heavy (non-hydrogen) atoms. The zero-order chi connectivity index (χ0) is 11.0. The summed E-state index contributed by atoms with van der Waals surface area (Å²) in [7, 11) is 0. The van der Waals surface area contributed by atoms with Gasteiger partial charge in [0.15, 0.2) is 11.5 Å². The molecule has 0 bridgehead atoms. The Morgan fingerprint density at radius 3 is 2.80 bits per heavy atom. The molecule has 0 spiro atoms. The lowest BCUT2D eigenvalue weighted by molar-refractivity contribution is 0.149. The number of hydrogen-bond donors (Lipinski definition) is 1. The van der Waals surface area contributed by atoms with Crippen molar-refractivity contribution in [2.75, 3.05) is 13.2 Å². The number of halogens is 2. The summed E-state index contributed by atoms with van der Waals surface area (Å²) >= 11 is 3.07. The highest BCUT2D eigenvalue weighted by Gasteiger charge is 2.24. The van der Waals surface area contributed by atoms with Crippen LogP contribution in [0.1, 0.15) is 18.6 Å². The van der Waals surface area contributed by atoms with Crippen LogP contribution >= 0.6 is 15.9 Å². The lowest BCUT2D eigenvalue weighted by Crippen LogP contribution is -2.18. The van der Waals surface area contributed by atoms with Crippen molar-refractivity contribution >= 4 is 15.9 Å². The smallest absolute Gasteiger partial charge is 0.170 e. The Morgan fingerprint density at radius 2 is 2.13 bits per heavy atom. The van der Waals surface area contributed by atoms with Crippen molar-refractivity contribution in [1.82, 2.24) is 0 Å². The molecular formula is C10H10BrFO3. The molecule has 0 aliphatic carbocycles. The molecule has 0 saturated heterocycles. The third-order valence-electron chi connectivity index (χ3n) is 2.18. The summed E-state index contributed by atoms with van der Waals surface area (Å²) in [5, 5.41) is 9.49. The number of hydrogen-bond acceptors (Lipinski definition) is 3. The van der Waals surface area contributed by atoms with Gasteiger partial charge in [-0.25, -0.2) is 4.39 Å².